The minimum Gasteiger partial charge on any atom is -0.485 e. The first-order chi connectivity index (χ1) is 16.7. The maximum Gasteiger partial charge on any atom is 0.239 e. The number of carbonyl (C=O) groups is 1. The van der Waals surface area contributed by atoms with Gasteiger partial charge in [-0.2, -0.15) is 0 Å². The minimum atomic E-state index is -0.760. The minimum absolute atomic E-state index is 0.222. The van der Waals surface area contributed by atoms with E-state index in [0.717, 1.165) is 48.2 Å². The highest BCUT2D eigenvalue weighted by atomic mass is 35.5. The van der Waals surface area contributed by atoms with Gasteiger partial charge in [-0.1, -0.05) is 41.4 Å². The van der Waals surface area contributed by atoms with Crippen molar-refractivity contribution in [2.75, 3.05) is 26.2 Å². The SMILES string of the molecule is Cc1cccc(C)c1C(C(N)=O)N1CCC(NCC(O)C2COc3c(cc(Cl)c(Cl)c3C)O2)CC1. The topological polar surface area (TPSA) is 97.1 Å². The third kappa shape index (κ3) is 5.54. The molecule has 9 heteroatoms. The van der Waals surface area contributed by atoms with E-state index < -0.39 is 18.2 Å². The van der Waals surface area contributed by atoms with E-state index in [2.05, 4.69) is 10.2 Å². The van der Waals surface area contributed by atoms with Crippen LogP contribution in [0.5, 0.6) is 11.5 Å². The summed E-state index contributed by atoms with van der Waals surface area (Å²) in [6.45, 7) is 7.94. The number of nitrogens with one attached hydrogen (secondary N) is 1. The Hall–Kier alpha value is -2.03. The molecule has 0 aromatic heterocycles. The fourth-order valence-corrected chi connectivity index (χ4v) is 5.45. The molecular formula is C26H33Cl2N3O4. The number of aryl methyl sites for hydroxylation is 2. The smallest absolute Gasteiger partial charge is 0.239 e. The predicted octanol–water partition coefficient (Wildman–Crippen LogP) is 3.70. The Kier molecular flexibility index (Phi) is 8.13. The van der Waals surface area contributed by atoms with E-state index >= 15 is 0 Å². The zero-order valence-corrected chi connectivity index (χ0v) is 21.8. The fraction of sp³-hybridized carbons (Fsp3) is 0.500. The van der Waals surface area contributed by atoms with Crippen molar-refractivity contribution >= 4 is 29.1 Å². The molecule has 4 N–H and O–H groups in total. The van der Waals surface area contributed by atoms with Gasteiger partial charge in [0.15, 0.2) is 17.6 Å². The highest BCUT2D eigenvalue weighted by Gasteiger charge is 2.33. The van der Waals surface area contributed by atoms with Crippen molar-refractivity contribution in [1.29, 1.82) is 0 Å². The van der Waals surface area contributed by atoms with Crippen molar-refractivity contribution in [3.05, 3.63) is 56.6 Å². The number of fused-ring (bicyclic) bond motifs is 1. The van der Waals surface area contributed by atoms with E-state index in [-0.39, 0.29) is 18.6 Å². The zero-order chi connectivity index (χ0) is 25.3. The summed E-state index contributed by atoms with van der Waals surface area (Å²) in [4.78, 5) is 14.6. The van der Waals surface area contributed by atoms with Crippen molar-refractivity contribution in [3.8, 4) is 11.5 Å². The van der Waals surface area contributed by atoms with E-state index in [4.69, 9.17) is 38.4 Å². The number of amides is 1. The number of likely N-dealkylation sites (tertiary alicyclic amines) is 1. The Balaban J connectivity index is 1.31. The number of piperidine rings is 1. The van der Waals surface area contributed by atoms with Gasteiger partial charge >= 0.3 is 0 Å². The van der Waals surface area contributed by atoms with Gasteiger partial charge in [0, 0.05) is 37.3 Å². The maximum absolute atomic E-state index is 12.4. The average Bonchev–Trinajstić information content (AvgIpc) is 2.83. The summed E-state index contributed by atoms with van der Waals surface area (Å²) in [5.74, 6) is 0.733. The van der Waals surface area contributed by atoms with Crippen LogP contribution in [0.3, 0.4) is 0 Å². The molecule has 4 rings (SSSR count). The van der Waals surface area contributed by atoms with Gasteiger partial charge in [-0.15, -0.1) is 0 Å². The molecule has 0 spiro atoms. The Morgan fingerprint density at radius 3 is 2.51 bits per heavy atom. The van der Waals surface area contributed by atoms with Crippen LogP contribution in [0.4, 0.5) is 0 Å². The number of aliphatic hydroxyl groups excluding tert-OH is 1. The summed E-state index contributed by atoms with van der Waals surface area (Å²) >= 11 is 12.4. The van der Waals surface area contributed by atoms with Crippen molar-refractivity contribution in [2.45, 2.75) is 57.9 Å². The molecule has 2 aliphatic rings. The first-order valence-corrected chi connectivity index (χ1v) is 12.7. The molecule has 0 radical (unpaired) electrons. The summed E-state index contributed by atoms with van der Waals surface area (Å²) in [6, 6.07) is 7.46. The lowest BCUT2D eigenvalue weighted by Gasteiger charge is -2.38. The maximum atomic E-state index is 12.4. The lowest BCUT2D eigenvalue weighted by Crippen LogP contribution is -2.51. The lowest BCUT2D eigenvalue weighted by molar-refractivity contribution is -0.124. The van der Waals surface area contributed by atoms with Crippen molar-refractivity contribution in [1.82, 2.24) is 10.2 Å². The van der Waals surface area contributed by atoms with Gasteiger partial charge in [0.05, 0.1) is 10.0 Å². The largest absolute Gasteiger partial charge is 0.485 e. The first kappa shape index (κ1) is 26.0. The standard InChI is InChI=1S/C26H33Cl2N3O4/c1-14-5-4-6-15(2)22(14)24(26(29)33)31-9-7-17(8-10-31)30-12-19(32)21-13-34-25-16(3)23(28)18(27)11-20(25)35-21/h4-6,11,17,19,21,24,30,32H,7-10,12-13H2,1-3H3,(H2,29,33). The normalized spacial score (nSPS) is 20.5. The number of rotatable bonds is 7. The molecule has 1 amide bonds. The summed E-state index contributed by atoms with van der Waals surface area (Å²) in [6.07, 6.45) is 0.415. The Bertz CT molecular complexity index is 1070. The van der Waals surface area contributed by atoms with Crippen LogP contribution in [0, 0.1) is 20.8 Å². The lowest BCUT2D eigenvalue weighted by atomic mass is 9.92. The molecule has 3 atom stereocenters. The molecule has 2 aliphatic heterocycles. The number of primary amides is 1. The molecule has 2 heterocycles. The van der Waals surface area contributed by atoms with Crippen LogP contribution in [0.15, 0.2) is 24.3 Å². The van der Waals surface area contributed by atoms with Crippen molar-refractivity contribution in [3.63, 3.8) is 0 Å². The third-order valence-corrected chi connectivity index (χ3v) is 7.94. The second-order valence-corrected chi connectivity index (χ2v) is 10.3. The molecule has 7 nitrogen and oxygen atoms in total. The first-order valence-electron chi connectivity index (χ1n) is 12.0. The number of nitrogens with two attached hydrogens (primary N) is 1. The van der Waals surface area contributed by atoms with Crippen LogP contribution in [-0.2, 0) is 4.79 Å². The second-order valence-electron chi connectivity index (χ2n) is 9.49. The number of benzene rings is 2. The molecule has 1 saturated heterocycles. The average molecular weight is 522 g/mol. The summed E-state index contributed by atoms with van der Waals surface area (Å²) in [5, 5.41) is 15.0. The van der Waals surface area contributed by atoms with E-state index in [0.29, 0.717) is 28.1 Å². The van der Waals surface area contributed by atoms with E-state index in [1.165, 1.54) is 0 Å². The molecule has 0 saturated carbocycles. The van der Waals surface area contributed by atoms with E-state index in [1.54, 1.807) is 6.07 Å². The van der Waals surface area contributed by atoms with Gasteiger partial charge in [0.1, 0.15) is 18.8 Å². The summed E-state index contributed by atoms with van der Waals surface area (Å²) in [5.41, 5.74) is 9.73. The highest BCUT2D eigenvalue weighted by Crippen LogP contribution is 2.43. The summed E-state index contributed by atoms with van der Waals surface area (Å²) < 4.78 is 11.8. The molecule has 1 fully saturated rings. The van der Waals surface area contributed by atoms with Crippen molar-refractivity contribution < 1.29 is 19.4 Å². The van der Waals surface area contributed by atoms with Crippen LogP contribution in [0.1, 0.15) is 41.1 Å². The van der Waals surface area contributed by atoms with Gasteiger partial charge < -0.3 is 25.6 Å². The number of nitrogens with zero attached hydrogens (tertiary/aromatic N) is 1. The molecule has 3 unspecified atom stereocenters. The Morgan fingerprint density at radius 1 is 1.23 bits per heavy atom. The summed E-state index contributed by atoms with van der Waals surface area (Å²) in [7, 11) is 0. The molecule has 2 aromatic rings. The van der Waals surface area contributed by atoms with Gasteiger partial charge in [0.2, 0.25) is 5.91 Å². The van der Waals surface area contributed by atoms with Gasteiger partial charge in [-0.05, 0) is 50.3 Å². The van der Waals surface area contributed by atoms with Crippen LogP contribution < -0.4 is 20.5 Å². The molecule has 0 aliphatic carbocycles. The van der Waals surface area contributed by atoms with Crippen LogP contribution >= 0.6 is 23.2 Å². The van der Waals surface area contributed by atoms with Gasteiger partial charge in [-0.3, -0.25) is 9.69 Å². The highest BCUT2D eigenvalue weighted by molar-refractivity contribution is 6.42. The van der Waals surface area contributed by atoms with E-state index in [9.17, 15) is 9.90 Å². The second kappa shape index (κ2) is 10.9. The molecule has 35 heavy (non-hydrogen) atoms. The van der Waals surface area contributed by atoms with Crippen LogP contribution in [0.2, 0.25) is 10.0 Å². The van der Waals surface area contributed by atoms with Crippen LogP contribution in [0.25, 0.3) is 0 Å². The molecule has 2 aromatic carbocycles. The number of ether oxygens (including phenoxy) is 2. The number of hydrogen-bond donors (Lipinski definition) is 3. The van der Waals surface area contributed by atoms with E-state index in [1.807, 2.05) is 39.0 Å². The monoisotopic (exact) mass is 521 g/mol. The third-order valence-electron chi connectivity index (χ3n) is 7.06. The number of hydrogen-bond acceptors (Lipinski definition) is 6. The Labute approximate surface area is 216 Å². The van der Waals surface area contributed by atoms with Crippen LogP contribution in [-0.4, -0.2) is 60.4 Å². The van der Waals surface area contributed by atoms with Gasteiger partial charge in [0.25, 0.3) is 0 Å². The quantitative estimate of drug-likeness (QED) is 0.513. The predicted molar refractivity (Wildman–Crippen MR) is 138 cm³/mol. The fourth-order valence-electron chi connectivity index (χ4n) is 5.07. The molecule has 0 bridgehead atoms. The van der Waals surface area contributed by atoms with Crippen molar-refractivity contribution in [2.24, 2.45) is 5.73 Å². The molecular weight excluding hydrogens is 489 g/mol. The number of aliphatic hydroxyl groups is 1. The number of halogens is 2. The number of carbonyl (C=O) groups excluding carboxylic acids is 1. The Morgan fingerprint density at radius 2 is 1.89 bits per heavy atom. The zero-order valence-electron chi connectivity index (χ0n) is 20.3. The molecule has 190 valence electrons. The van der Waals surface area contributed by atoms with Gasteiger partial charge in [-0.25, -0.2) is 0 Å².